The monoisotopic (exact) mass is 315 g/mol. The topological polar surface area (TPSA) is 65.4 Å². The Morgan fingerprint density at radius 1 is 1.43 bits per heavy atom. The summed E-state index contributed by atoms with van der Waals surface area (Å²) >= 11 is 0. The van der Waals surface area contributed by atoms with Crippen molar-refractivity contribution in [2.45, 2.75) is 25.0 Å². The molecule has 0 spiro atoms. The van der Waals surface area contributed by atoms with Crippen LogP contribution in [0.3, 0.4) is 0 Å². The fourth-order valence-electron chi connectivity index (χ4n) is 2.76. The molecule has 0 saturated carbocycles. The summed E-state index contributed by atoms with van der Waals surface area (Å²) in [5, 5.41) is 7.20. The van der Waals surface area contributed by atoms with E-state index in [0.717, 1.165) is 18.4 Å². The van der Waals surface area contributed by atoms with Gasteiger partial charge in [0.15, 0.2) is 6.61 Å². The molecule has 23 heavy (non-hydrogen) atoms. The van der Waals surface area contributed by atoms with E-state index in [1.807, 2.05) is 43.6 Å². The Hall–Kier alpha value is -2.34. The number of nitrogens with zero attached hydrogens (tertiary/aromatic N) is 2. The van der Waals surface area contributed by atoms with E-state index >= 15 is 0 Å². The predicted molar refractivity (Wildman–Crippen MR) is 85.0 cm³/mol. The van der Waals surface area contributed by atoms with Crippen LogP contribution in [0.4, 0.5) is 0 Å². The van der Waals surface area contributed by atoms with Gasteiger partial charge < -0.3 is 14.8 Å². The number of nitrogens with one attached hydrogen (secondary N) is 1. The number of aromatic nitrogens is 2. The summed E-state index contributed by atoms with van der Waals surface area (Å²) in [5.41, 5.74) is 0.987. The van der Waals surface area contributed by atoms with Crippen molar-refractivity contribution in [3.63, 3.8) is 0 Å². The average molecular weight is 315 g/mol. The predicted octanol–water partition coefficient (Wildman–Crippen LogP) is 1.84. The Bertz CT molecular complexity index is 642. The van der Waals surface area contributed by atoms with Gasteiger partial charge in [0.05, 0.1) is 12.2 Å². The zero-order valence-electron chi connectivity index (χ0n) is 13.1. The summed E-state index contributed by atoms with van der Waals surface area (Å²) in [6.07, 6.45) is 5.38. The van der Waals surface area contributed by atoms with E-state index < -0.39 is 0 Å². The highest BCUT2D eigenvalue weighted by atomic mass is 16.5. The van der Waals surface area contributed by atoms with Crippen LogP contribution in [0.25, 0.3) is 0 Å². The third kappa shape index (κ3) is 4.10. The molecule has 1 amide bonds. The highest BCUT2D eigenvalue weighted by Crippen LogP contribution is 2.28. The fourth-order valence-corrected chi connectivity index (χ4v) is 2.76. The van der Waals surface area contributed by atoms with E-state index in [-0.39, 0.29) is 24.7 Å². The number of benzene rings is 1. The number of ether oxygens (including phenoxy) is 2. The van der Waals surface area contributed by atoms with E-state index in [1.54, 1.807) is 10.9 Å². The lowest BCUT2D eigenvalue weighted by Gasteiger charge is -2.31. The third-order valence-electron chi connectivity index (χ3n) is 3.84. The standard InChI is InChI=1S/C17H21N3O3/c1-20-11-13(10-18-20)17-15(8-5-9-22-17)19-16(21)12-23-14-6-3-2-4-7-14/h2-4,6-7,10-11,15,17H,5,8-9,12H2,1H3,(H,19,21)/t15-,17+/m0/s1. The van der Waals surface area contributed by atoms with Crippen molar-refractivity contribution in [3.8, 4) is 5.75 Å². The lowest BCUT2D eigenvalue weighted by atomic mass is 9.98. The maximum Gasteiger partial charge on any atom is 0.258 e. The highest BCUT2D eigenvalue weighted by Gasteiger charge is 2.29. The van der Waals surface area contributed by atoms with Crippen LogP contribution in [-0.2, 0) is 16.6 Å². The van der Waals surface area contributed by atoms with Crippen molar-refractivity contribution >= 4 is 5.91 Å². The number of hydrogen-bond acceptors (Lipinski definition) is 4. The molecule has 1 aliphatic heterocycles. The van der Waals surface area contributed by atoms with Gasteiger partial charge in [-0.25, -0.2) is 0 Å². The second-order valence-corrected chi connectivity index (χ2v) is 5.66. The van der Waals surface area contributed by atoms with Gasteiger partial charge in [0, 0.05) is 25.4 Å². The summed E-state index contributed by atoms with van der Waals surface area (Å²) < 4.78 is 13.1. The SMILES string of the molecule is Cn1cc([C@H]2OCCC[C@@H]2NC(=O)COc2ccccc2)cn1. The average Bonchev–Trinajstić information content (AvgIpc) is 3.01. The maximum atomic E-state index is 12.2. The maximum absolute atomic E-state index is 12.2. The van der Waals surface area contributed by atoms with Crippen LogP contribution in [0.5, 0.6) is 5.75 Å². The van der Waals surface area contributed by atoms with Gasteiger partial charge in [-0.2, -0.15) is 5.10 Å². The lowest BCUT2D eigenvalue weighted by Crippen LogP contribution is -2.44. The Labute approximate surface area is 135 Å². The fraction of sp³-hybridized carbons (Fsp3) is 0.412. The molecule has 0 unspecified atom stereocenters. The first kappa shape index (κ1) is 15.6. The molecule has 1 aliphatic rings. The lowest BCUT2D eigenvalue weighted by molar-refractivity contribution is -0.126. The first-order valence-electron chi connectivity index (χ1n) is 7.80. The molecule has 122 valence electrons. The normalized spacial score (nSPS) is 20.9. The van der Waals surface area contributed by atoms with Crippen LogP contribution in [0.2, 0.25) is 0 Å². The molecule has 0 radical (unpaired) electrons. The minimum atomic E-state index is -0.155. The number of carbonyl (C=O) groups excluding carboxylic acids is 1. The van der Waals surface area contributed by atoms with Gasteiger partial charge >= 0.3 is 0 Å². The van der Waals surface area contributed by atoms with Crippen LogP contribution in [0.1, 0.15) is 24.5 Å². The summed E-state index contributed by atoms with van der Waals surface area (Å²) in [5.74, 6) is 0.546. The molecular weight excluding hydrogens is 294 g/mol. The summed E-state index contributed by atoms with van der Waals surface area (Å²) in [7, 11) is 1.87. The molecule has 1 aromatic heterocycles. The molecule has 0 aliphatic carbocycles. The quantitative estimate of drug-likeness (QED) is 0.914. The zero-order valence-corrected chi connectivity index (χ0v) is 13.1. The number of carbonyl (C=O) groups is 1. The molecule has 1 aromatic carbocycles. The summed E-state index contributed by atoms with van der Waals surface area (Å²) in [6.45, 7) is 0.701. The van der Waals surface area contributed by atoms with Crippen molar-refractivity contribution < 1.29 is 14.3 Å². The molecule has 3 rings (SSSR count). The van der Waals surface area contributed by atoms with Gasteiger partial charge in [-0.3, -0.25) is 9.48 Å². The molecule has 6 heteroatoms. The van der Waals surface area contributed by atoms with Crippen molar-refractivity contribution in [1.29, 1.82) is 0 Å². The second kappa shape index (κ2) is 7.28. The molecular formula is C17H21N3O3. The zero-order chi connectivity index (χ0) is 16.1. The number of hydrogen-bond donors (Lipinski definition) is 1. The Morgan fingerprint density at radius 3 is 3.00 bits per heavy atom. The number of para-hydroxylation sites is 1. The molecule has 2 heterocycles. The largest absolute Gasteiger partial charge is 0.484 e. The molecule has 2 atom stereocenters. The Balaban J connectivity index is 1.57. The van der Waals surface area contributed by atoms with Gasteiger partial charge in [-0.05, 0) is 25.0 Å². The van der Waals surface area contributed by atoms with Crippen molar-refractivity contribution in [2.24, 2.45) is 7.05 Å². The number of rotatable bonds is 5. The van der Waals surface area contributed by atoms with E-state index in [1.165, 1.54) is 0 Å². The molecule has 2 aromatic rings. The van der Waals surface area contributed by atoms with E-state index in [4.69, 9.17) is 9.47 Å². The van der Waals surface area contributed by atoms with Crippen molar-refractivity contribution in [2.75, 3.05) is 13.2 Å². The summed E-state index contributed by atoms with van der Waals surface area (Å²) in [6, 6.07) is 9.26. The molecule has 1 fully saturated rings. The van der Waals surface area contributed by atoms with Crippen LogP contribution in [0, 0.1) is 0 Å². The molecule has 6 nitrogen and oxygen atoms in total. The molecule has 0 bridgehead atoms. The van der Waals surface area contributed by atoms with Crippen LogP contribution in [0.15, 0.2) is 42.7 Å². The molecule has 1 N–H and O–H groups in total. The molecule has 1 saturated heterocycles. The van der Waals surface area contributed by atoms with Gasteiger partial charge in [0.2, 0.25) is 0 Å². The first-order chi connectivity index (χ1) is 11.2. The van der Waals surface area contributed by atoms with Crippen molar-refractivity contribution in [1.82, 2.24) is 15.1 Å². The Morgan fingerprint density at radius 2 is 2.26 bits per heavy atom. The van der Waals surface area contributed by atoms with Gasteiger partial charge in [-0.15, -0.1) is 0 Å². The van der Waals surface area contributed by atoms with E-state index in [0.29, 0.717) is 12.4 Å². The first-order valence-corrected chi connectivity index (χ1v) is 7.80. The van der Waals surface area contributed by atoms with E-state index in [2.05, 4.69) is 10.4 Å². The Kier molecular flexibility index (Phi) is 4.92. The number of aryl methyl sites for hydroxylation is 1. The van der Waals surface area contributed by atoms with Crippen molar-refractivity contribution in [3.05, 3.63) is 48.3 Å². The van der Waals surface area contributed by atoms with Gasteiger partial charge in [0.25, 0.3) is 5.91 Å². The third-order valence-corrected chi connectivity index (χ3v) is 3.84. The van der Waals surface area contributed by atoms with Crippen LogP contribution in [-0.4, -0.2) is 34.9 Å². The van der Waals surface area contributed by atoms with Gasteiger partial charge in [-0.1, -0.05) is 18.2 Å². The number of amides is 1. The van der Waals surface area contributed by atoms with Gasteiger partial charge in [0.1, 0.15) is 11.9 Å². The highest BCUT2D eigenvalue weighted by molar-refractivity contribution is 5.78. The second-order valence-electron chi connectivity index (χ2n) is 5.66. The smallest absolute Gasteiger partial charge is 0.258 e. The van der Waals surface area contributed by atoms with Crippen LogP contribution >= 0.6 is 0 Å². The minimum absolute atomic E-state index is 0.000271. The van der Waals surface area contributed by atoms with E-state index in [9.17, 15) is 4.79 Å². The van der Waals surface area contributed by atoms with Crippen LogP contribution < -0.4 is 10.1 Å². The minimum Gasteiger partial charge on any atom is -0.484 e. The summed E-state index contributed by atoms with van der Waals surface area (Å²) in [4.78, 5) is 12.2.